The van der Waals surface area contributed by atoms with Crippen molar-refractivity contribution >= 4 is 33.1 Å². The largest absolute Gasteiger partial charge is 0.481 e. The monoisotopic (exact) mass is 311 g/mol. The number of imidazole rings is 1. The topological polar surface area (TPSA) is 57.8 Å². The SMILES string of the molecule is CN(C)c1ccc2c(Br)nc(CCC(=O)O)n2c1. The van der Waals surface area contributed by atoms with Crippen LogP contribution in [-0.2, 0) is 11.2 Å². The van der Waals surface area contributed by atoms with E-state index in [0.717, 1.165) is 21.6 Å². The number of fused-ring (bicyclic) bond motifs is 1. The van der Waals surface area contributed by atoms with Crippen LogP contribution in [-0.4, -0.2) is 34.6 Å². The fraction of sp³-hybridized carbons (Fsp3) is 0.333. The first-order chi connectivity index (χ1) is 8.49. The van der Waals surface area contributed by atoms with Crippen LogP contribution < -0.4 is 4.90 Å². The molecular formula is C12H14BrN3O2. The lowest BCUT2D eigenvalue weighted by Gasteiger charge is -2.13. The van der Waals surface area contributed by atoms with Crippen LogP contribution in [0.3, 0.4) is 0 Å². The van der Waals surface area contributed by atoms with E-state index in [1.54, 1.807) is 0 Å². The van der Waals surface area contributed by atoms with E-state index in [-0.39, 0.29) is 6.42 Å². The highest BCUT2D eigenvalue weighted by molar-refractivity contribution is 9.10. The van der Waals surface area contributed by atoms with Gasteiger partial charge in [0.15, 0.2) is 0 Å². The first kappa shape index (κ1) is 12.9. The summed E-state index contributed by atoms with van der Waals surface area (Å²) >= 11 is 3.39. The molecule has 0 bridgehead atoms. The molecule has 0 atom stereocenters. The Bertz CT molecular complexity index is 592. The van der Waals surface area contributed by atoms with Gasteiger partial charge in [0, 0.05) is 26.7 Å². The van der Waals surface area contributed by atoms with Crippen molar-refractivity contribution in [2.24, 2.45) is 0 Å². The lowest BCUT2D eigenvalue weighted by Crippen LogP contribution is -2.10. The summed E-state index contributed by atoms with van der Waals surface area (Å²) < 4.78 is 2.68. The average molecular weight is 312 g/mol. The van der Waals surface area contributed by atoms with Crippen molar-refractivity contribution < 1.29 is 9.90 Å². The molecule has 0 fully saturated rings. The highest BCUT2D eigenvalue weighted by Gasteiger charge is 2.11. The summed E-state index contributed by atoms with van der Waals surface area (Å²) in [5.74, 6) is -0.0605. The number of anilines is 1. The second kappa shape index (κ2) is 4.97. The molecule has 0 aliphatic heterocycles. The van der Waals surface area contributed by atoms with Crippen molar-refractivity contribution in [2.75, 3.05) is 19.0 Å². The Morgan fingerprint density at radius 1 is 1.50 bits per heavy atom. The molecule has 18 heavy (non-hydrogen) atoms. The van der Waals surface area contributed by atoms with Gasteiger partial charge in [-0.2, -0.15) is 0 Å². The number of hydrogen-bond donors (Lipinski definition) is 1. The quantitative estimate of drug-likeness (QED) is 0.940. The van der Waals surface area contributed by atoms with E-state index in [9.17, 15) is 4.79 Å². The maximum Gasteiger partial charge on any atom is 0.303 e. The van der Waals surface area contributed by atoms with Gasteiger partial charge in [-0.1, -0.05) is 0 Å². The van der Waals surface area contributed by atoms with Crippen molar-refractivity contribution in [1.29, 1.82) is 0 Å². The lowest BCUT2D eigenvalue weighted by atomic mass is 10.3. The number of hydrogen-bond acceptors (Lipinski definition) is 3. The van der Waals surface area contributed by atoms with E-state index in [4.69, 9.17) is 5.11 Å². The molecule has 2 aromatic rings. The minimum absolute atomic E-state index is 0.0811. The number of carboxylic acid groups (broad SMARTS) is 1. The van der Waals surface area contributed by atoms with Crippen LogP contribution in [0.1, 0.15) is 12.2 Å². The molecule has 0 amide bonds. The fourth-order valence-corrected chi connectivity index (χ4v) is 2.28. The Labute approximate surface area is 113 Å². The second-order valence-corrected chi connectivity index (χ2v) is 5.00. The van der Waals surface area contributed by atoms with E-state index in [0.29, 0.717) is 6.42 Å². The molecule has 0 unspecified atom stereocenters. The lowest BCUT2D eigenvalue weighted by molar-refractivity contribution is -0.137. The van der Waals surface area contributed by atoms with E-state index in [1.165, 1.54) is 0 Å². The van der Waals surface area contributed by atoms with Crippen molar-refractivity contribution in [2.45, 2.75) is 12.8 Å². The van der Waals surface area contributed by atoms with Gasteiger partial charge in [-0.15, -0.1) is 0 Å². The molecule has 6 heteroatoms. The third-order valence-electron chi connectivity index (χ3n) is 2.73. The number of aliphatic carboxylic acids is 1. The van der Waals surface area contributed by atoms with Crippen LogP contribution in [0.5, 0.6) is 0 Å². The predicted molar refractivity (Wildman–Crippen MR) is 73.2 cm³/mol. The van der Waals surface area contributed by atoms with E-state index in [1.807, 2.05) is 41.7 Å². The Morgan fingerprint density at radius 3 is 2.83 bits per heavy atom. The molecule has 0 saturated heterocycles. The first-order valence-corrected chi connectivity index (χ1v) is 6.34. The average Bonchev–Trinajstić information content (AvgIpc) is 2.63. The van der Waals surface area contributed by atoms with Gasteiger partial charge in [0.1, 0.15) is 10.4 Å². The van der Waals surface area contributed by atoms with E-state index >= 15 is 0 Å². The maximum absolute atomic E-state index is 10.6. The number of rotatable bonds is 4. The third-order valence-corrected chi connectivity index (χ3v) is 3.31. The fourth-order valence-electron chi connectivity index (χ4n) is 1.76. The van der Waals surface area contributed by atoms with Crippen LogP contribution in [0.4, 0.5) is 5.69 Å². The van der Waals surface area contributed by atoms with Gasteiger partial charge in [0.25, 0.3) is 0 Å². The van der Waals surface area contributed by atoms with Gasteiger partial charge >= 0.3 is 5.97 Å². The van der Waals surface area contributed by atoms with E-state index < -0.39 is 5.97 Å². The number of nitrogens with zero attached hydrogens (tertiary/aromatic N) is 3. The van der Waals surface area contributed by atoms with Gasteiger partial charge in [-0.3, -0.25) is 4.79 Å². The summed E-state index contributed by atoms with van der Waals surface area (Å²) in [5.41, 5.74) is 1.99. The van der Waals surface area contributed by atoms with Crippen molar-refractivity contribution in [3.8, 4) is 0 Å². The van der Waals surface area contributed by atoms with Crippen molar-refractivity contribution in [3.05, 3.63) is 28.8 Å². The molecule has 0 aliphatic carbocycles. The highest BCUT2D eigenvalue weighted by Crippen LogP contribution is 2.23. The molecule has 0 saturated carbocycles. The molecule has 5 nitrogen and oxygen atoms in total. The third kappa shape index (κ3) is 2.48. The summed E-state index contributed by atoms with van der Waals surface area (Å²) in [5, 5.41) is 8.74. The van der Waals surface area contributed by atoms with Gasteiger partial charge < -0.3 is 14.4 Å². The standard InChI is InChI=1S/C12H14BrN3O2/c1-15(2)8-3-4-9-12(13)14-10(16(9)7-8)5-6-11(17)18/h3-4,7H,5-6H2,1-2H3,(H,17,18). The number of halogens is 1. The highest BCUT2D eigenvalue weighted by atomic mass is 79.9. The minimum atomic E-state index is -0.813. The molecule has 2 aromatic heterocycles. The number of aryl methyl sites for hydroxylation is 1. The zero-order chi connectivity index (χ0) is 13.3. The zero-order valence-electron chi connectivity index (χ0n) is 10.2. The van der Waals surface area contributed by atoms with Crippen LogP contribution >= 0.6 is 15.9 Å². The zero-order valence-corrected chi connectivity index (χ0v) is 11.8. The van der Waals surface area contributed by atoms with Crippen LogP contribution in [0.2, 0.25) is 0 Å². The van der Waals surface area contributed by atoms with Gasteiger partial charge in [-0.05, 0) is 28.1 Å². The Morgan fingerprint density at radius 2 is 2.22 bits per heavy atom. The van der Waals surface area contributed by atoms with Gasteiger partial charge in [0.2, 0.25) is 0 Å². The molecule has 0 aliphatic rings. The maximum atomic E-state index is 10.6. The smallest absolute Gasteiger partial charge is 0.303 e. The van der Waals surface area contributed by atoms with Crippen molar-refractivity contribution in [1.82, 2.24) is 9.38 Å². The molecule has 0 spiro atoms. The molecular weight excluding hydrogens is 298 g/mol. The van der Waals surface area contributed by atoms with Crippen LogP contribution in [0.25, 0.3) is 5.52 Å². The summed E-state index contributed by atoms with van der Waals surface area (Å²) in [6.07, 6.45) is 2.46. The summed E-state index contributed by atoms with van der Waals surface area (Å²) in [6.45, 7) is 0. The molecule has 1 N–H and O–H groups in total. The Hall–Kier alpha value is -1.56. The number of pyridine rings is 1. The molecule has 96 valence electrons. The molecule has 0 aromatic carbocycles. The first-order valence-electron chi connectivity index (χ1n) is 5.54. The number of carboxylic acids is 1. The van der Waals surface area contributed by atoms with Gasteiger partial charge in [0.05, 0.1) is 17.6 Å². The second-order valence-electron chi connectivity index (χ2n) is 4.25. The summed E-state index contributed by atoms with van der Waals surface area (Å²) in [6, 6.07) is 3.97. The van der Waals surface area contributed by atoms with E-state index in [2.05, 4.69) is 20.9 Å². The normalized spacial score (nSPS) is 10.8. The Kier molecular flexibility index (Phi) is 3.56. The summed E-state index contributed by atoms with van der Waals surface area (Å²) in [7, 11) is 3.92. The van der Waals surface area contributed by atoms with Gasteiger partial charge in [-0.25, -0.2) is 4.98 Å². The van der Waals surface area contributed by atoms with Crippen LogP contribution in [0, 0.1) is 0 Å². The van der Waals surface area contributed by atoms with Crippen LogP contribution in [0.15, 0.2) is 22.9 Å². The molecule has 2 rings (SSSR count). The predicted octanol–water partition coefficient (Wildman–Crippen LogP) is 2.18. The summed E-state index contributed by atoms with van der Waals surface area (Å²) in [4.78, 5) is 17.0. The minimum Gasteiger partial charge on any atom is -0.481 e. The molecule has 0 radical (unpaired) electrons. The number of carbonyl (C=O) groups is 1. The van der Waals surface area contributed by atoms with Crippen molar-refractivity contribution in [3.63, 3.8) is 0 Å². The molecule has 2 heterocycles. The number of aromatic nitrogens is 2. The Balaban J connectivity index is 2.45.